The van der Waals surface area contributed by atoms with Gasteiger partial charge < -0.3 is 4.74 Å². The molecule has 3 nitrogen and oxygen atoms in total. The van der Waals surface area contributed by atoms with Crippen LogP contribution in [0, 0.1) is 12.3 Å². The summed E-state index contributed by atoms with van der Waals surface area (Å²) in [5.41, 5.74) is 1.87. The average molecular weight is 278 g/mol. The molecule has 1 aromatic rings. The molecule has 1 aliphatic carbocycles. The van der Waals surface area contributed by atoms with Crippen LogP contribution in [0.4, 0.5) is 0 Å². The van der Waals surface area contributed by atoms with Gasteiger partial charge in [0.1, 0.15) is 6.29 Å². The van der Waals surface area contributed by atoms with Gasteiger partial charge in [-0.3, -0.25) is 9.59 Å². The summed E-state index contributed by atoms with van der Waals surface area (Å²) in [6, 6.07) is 5.85. The number of carbonyl (C=O) groups is 2. The summed E-state index contributed by atoms with van der Waals surface area (Å²) in [6.07, 6.45) is 3.59. The maximum atomic E-state index is 11.3. The van der Waals surface area contributed by atoms with Crippen LogP contribution >= 0.6 is 11.8 Å². The molecule has 0 N–H and O–H groups in total. The first-order chi connectivity index (χ1) is 9.08. The molecule has 1 aliphatic rings. The molecule has 1 saturated carbocycles. The zero-order valence-electron chi connectivity index (χ0n) is 11.3. The van der Waals surface area contributed by atoms with Gasteiger partial charge in [-0.15, -0.1) is 11.8 Å². The largest absolute Gasteiger partial charge is 0.469 e. The first kappa shape index (κ1) is 14.1. The molecule has 0 aliphatic heterocycles. The van der Waals surface area contributed by atoms with Crippen molar-refractivity contribution in [2.75, 3.05) is 12.9 Å². The zero-order chi connectivity index (χ0) is 13.9. The molecule has 0 aromatic heterocycles. The van der Waals surface area contributed by atoms with Gasteiger partial charge in [-0.25, -0.2) is 0 Å². The summed E-state index contributed by atoms with van der Waals surface area (Å²) in [4.78, 5) is 23.3. The van der Waals surface area contributed by atoms with Crippen LogP contribution in [0.1, 0.15) is 35.2 Å². The molecule has 2 rings (SSSR count). The van der Waals surface area contributed by atoms with Crippen LogP contribution in [0.25, 0.3) is 0 Å². The summed E-state index contributed by atoms with van der Waals surface area (Å²) in [5, 5.41) is 0. The van der Waals surface area contributed by atoms with Crippen molar-refractivity contribution in [2.45, 2.75) is 31.1 Å². The van der Waals surface area contributed by atoms with Crippen LogP contribution in [0.3, 0.4) is 0 Å². The maximum Gasteiger partial charge on any atom is 0.306 e. The van der Waals surface area contributed by atoms with Crippen molar-refractivity contribution in [1.82, 2.24) is 0 Å². The molecule has 0 heterocycles. The number of aryl methyl sites for hydroxylation is 1. The van der Waals surface area contributed by atoms with Gasteiger partial charge in [0.15, 0.2) is 0 Å². The van der Waals surface area contributed by atoms with Crippen LogP contribution in [-0.4, -0.2) is 25.1 Å². The summed E-state index contributed by atoms with van der Waals surface area (Å²) in [7, 11) is 1.44. The zero-order valence-corrected chi connectivity index (χ0v) is 12.1. The van der Waals surface area contributed by atoms with Crippen LogP contribution < -0.4 is 0 Å². The Labute approximate surface area is 117 Å². The van der Waals surface area contributed by atoms with Crippen LogP contribution in [0.15, 0.2) is 23.1 Å². The van der Waals surface area contributed by atoms with Gasteiger partial charge in [0, 0.05) is 16.2 Å². The molecule has 0 spiro atoms. The number of hydrogen-bond donors (Lipinski definition) is 0. The highest BCUT2D eigenvalue weighted by Gasteiger charge is 2.44. The summed E-state index contributed by atoms with van der Waals surface area (Å²) >= 11 is 1.75. The molecule has 0 amide bonds. The lowest BCUT2D eigenvalue weighted by atomic mass is 10.1. The number of carbonyl (C=O) groups excluding carboxylic acids is 2. The van der Waals surface area contributed by atoms with E-state index in [1.807, 2.05) is 25.1 Å². The minimum absolute atomic E-state index is 0.120. The van der Waals surface area contributed by atoms with Crippen molar-refractivity contribution in [1.29, 1.82) is 0 Å². The van der Waals surface area contributed by atoms with Crippen molar-refractivity contribution in [2.24, 2.45) is 5.41 Å². The Bertz CT molecular complexity index is 492. The monoisotopic (exact) mass is 278 g/mol. The molecule has 4 heteroatoms. The molecule has 1 fully saturated rings. The molecule has 0 radical (unpaired) electrons. The Kier molecular flexibility index (Phi) is 4.30. The van der Waals surface area contributed by atoms with E-state index in [1.54, 1.807) is 11.8 Å². The van der Waals surface area contributed by atoms with Gasteiger partial charge in [-0.05, 0) is 42.9 Å². The van der Waals surface area contributed by atoms with Crippen molar-refractivity contribution in [3.63, 3.8) is 0 Å². The van der Waals surface area contributed by atoms with Crippen LogP contribution in [-0.2, 0) is 9.53 Å². The van der Waals surface area contributed by atoms with Gasteiger partial charge in [-0.1, -0.05) is 6.07 Å². The van der Waals surface area contributed by atoms with E-state index in [2.05, 4.69) is 0 Å². The highest BCUT2D eigenvalue weighted by atomic mass is 32.2. The first-order valence-corrected chi connectivity index (χ1v) is 7.33. The van der Waals surface area contributed by atoms with E-state index in [4.69, 9.17) is 4.74 Å². The van der Waals surface area contributed by atoms with Crippen molar-refractivity contribution in [3.05, 3.63) is 29.3 Å². The third-order valence-corrected chi connectivity index (χ3v) is 4.96. The van der Waals surface area contributed by atoms with Gasteiger partial charge >= 0.3 is 5.97 Å². The lowest BCUT2D eigenvalue weighted by Gasteiger charge is -2.13. The summed E-state index contributed by atoms with van der Waals surface area (Å²) < 4.78 is 4.74. The highest BCUT2D eigenvalue weighted by Crippen LogP contribution is 2.52. The fraction of sp³-hybridized carbons (Fsp3) is 0.467. The van der Waals surface area contributed by atoms with E-state index in [1.165, 1.54) is 7.11 Å². The van der Waals surface area contributed by atoms with Gasteiger partial charge in [0.2, 0.25) is 0 Å². The predicted octanol–water partition coefficient (Wildman–Crippen LogP) is 3.24. The standard InChI is InChI=1S/C15H18O3S/c1-11-7-13(4-3-12(11)9-16)19-10-15(5-6-15)8-14(17)18-2/h3-4,7,9H,5-6,8,10H2,1-2H3. The Morgan fingerprint density at radius 3 is 2.74 bits per heavy atom. The Balaban J connectivity index is 1.94. The summed E-state index contributed by atoms with van der Waals surface area (Å²) in [5.74, 6) is 0.813. The number of thioether (sulfide) groups is 1. The minimum Gasteiger partial charge on any atom is -0.469 e. The first-order valence-electron chi connectivity index (χ1n) is 6.34. The smallest absolute Gasteiger partial charge is 0.306 e. The number of hydrogen-bond acceptors (Lipinski definition) is 4. The van der Waals surface area contributed by atoms with Gasteiger partial charge in [0.25, 0.3) is 0 Å². The molecule has 0 unspecified atom stereocenters. The van der Waals surface area contributed by atoms with Crippen LogP contribution in [0.2, 0.25) is 0 Å². The molecule has 0 atom stereocenters. The molecular weight excluding hydrogens is 260 g/mol. The van der Waals surface area contributed by atoms with E-state index >= 15 is 0 Å². The molecule has 102 valence electrons. The lowest BCUT2D eigenvalue weighted by Crippen LogP contribution is -2.12. The maximum absolute atomic E-state index is 11.3. The minimum atomic E-state index is -0.120. The number of aldehydes is 1. The molecule has 0 saturated heterocycles. The van der Waals surface area contributed by atoms with Gasteiger partial charge in [0.05, 0.1) is 13.5 Å². The predicted molar refractivity (Wildman–Crippen MR) is 75.6 cm³/mol. The van der Waals surface area contributed by atoms with Crippen molar-refractivity contribution < 1.29 is 14.3 Å². The Morgan fingerprint density at radius 1 is 1.47 bits per heavy atom. The fourth-order valence-electron chi connectivity index (χ4n) is 2.03. The Hall–Kier alpha value is -1.29. The van der Waals surface area contributed by atoms with E-state index in [0.717, 1.165) is 40.9 Å². The van der Waals surface area contributed by atoms with E-state index in [9.17, 15) is 9.59 Å². The lowest BCUT2D eigenvalue weighted by molar-refractivity contribution is -0.141. The molecule has 0 bridgehead atoms. The van der Waals surface area contributed by atoms with E-state index < -0.39 is 0 Å². The van der Waals surface area contributed by atoms with Gasteiger partial charge in [-0.2, -0.15) is 0 Å². The number of benzene rings is 1. The third kappa shape index (κ3) is 3.60. The second-order valence-electron chi connectivity index (χ2n) is 5.18. The average Bonchev–Trinajstić information content (AvgIpc) is 3.16. The molecule has 1 aromatic carbocycles. The second kappa shape index (κ2) is 5.78. The van der Waals surface area contributed by atoms with Crippen molar-refractivity contribution in [3.8, 4) is 0 Å². The van der Waals surface area contributed by atoms with E-state index in [-0.39, 0.29) is 11.4 Å². The van der Waals surface area contributed by atoms with Crippen LogP contribution in [0.5, 0.6) is 0 Å². The number of methoxy groups -OCH3 is 1. The fourth-order valence-corrected chi connectivity index (χ4v) is 3.32. The highest BCUT2D eigenvalue weighted by molar-refractivity contribution is 7.99. The molecule has 19 heavy (non-hydrogen) atoms. The quantitative estimate of drug-likeness (QED) is 0.455. The topological polar surface area (TPSA) is 43.4 Å². The Morgan fingerprint density at radius 2 is 2.21 bits per heavy atom. The number of ether oxygens (including phenoxy) is 1. The number of rotatable bonds is 6. The normalized spacial score (nSPS) is 15.9. The second-order valence-corrected chi connectivity index (χ2v) is 6.23. The number of esters is 1. The van der Waals surface area contributed by atoms with Crippen molar-refractivity contribution >= 4 is 24.0 Å². The van der Waals surface area contributed by atoms with E-state index in [0.29, 0.717) is 6.42 Å². The SMILES string of the molecule is COC(=O)CC1(CSc2ccc(C=O)c(C)c2)CC1. The summed E-state index contributed by atoms with van der Waals surface area (Å²) in [6.45, 7) is 1.94. The molecular formula is C15H18O3S. The third-order valence-electron chi connectivity index (χ3n) is 3.62.